The van der Waals surface area contributed by atoms with Crippen LogP contribution in [0.3, 0.4) is 0 Å². The van der Waals surface area contributed by atoms with Gasteiger partial charge in [0.2, 0.25) is 0 Å². The largest absolute Gasteiger partial charge is 0.444 e. The number of halogens is 1. The van der Waals surface area contributed by atoms with Crippen molar-refractivity contribution in [2.75, 3.05) is 26.2 Å². The van der Waals surface area contributed by atoms with Gasteiger partial charge in [0, 0.05) is 37.3 Å². The number of rotatable bonds is 2. The fraction of sp³-hybridized carbons (Fsp3) is 0.333. The second-order valence-corrected chi connectivity index (χ2v) is 8.97. The van der Waals surface area contributed by atoms with Crippen LogP contribution < -0.4 is 0 Å². The number of fused-ring (bicyclic) bond motifs is 1. The Morgan fingerprint density at radius 3 is 2.10 bits per heavy atom. The van der Waals surface area contributed by atoms with Crippen molar-refractivity contribution in [1.82, 2.24) is 14.4 Å². The molecule has 4 rings (SSSR count). The van der Waals surface area contributed by atoms with Crippen molar-refractivity contribution in [3.63, 3.8) is 0 Å². The highest BCUT2D eigenvalue weighted by molar-refractivity contribution is 6.36. The third-order valence-electron chi connectivity index (χ3n) is 5.26. The lowest BCUT2D eigenvalue weighted by Gasteiger charge is -2.35. The van der Waals surface area contributed by atoms with Gasteiger partial charge in [0.25, 0.3) is 5.91 Å². The molecule has 2 aromatic carbocycles. The summed E-state index contributed by atoms with van der Waals surface area (Å²) in [4.78, 5) is 29.2. The number of para-hydroxylation sites is 2. The lowest BCUT2D eigenvalue weighted by molar-refractivity contribution is 0.0141. The molecule has 2 amide bonds. The number of hydrogen-bond donors (Lipinski definition) is 0. The Morgan fingerprint density at radius 1 is 0.871 bits per heavy atom. The highest BCUT2D eigenvalue weighted by atomic mass is 35.5. The average molecular weight is 440 g/mol. The molecule has 0 unspecified atom stereocenters. The first-order valence-electron chi connectivity index (χ1n) is 10.4. The second kappa shape index (κ2) is 8.27. The molecule has 0 spiro atoms. The average Bonchev–Trinajstić information content (AvgIpc) is 3.04. The highest BCUT2D eigenvalue weighted by Crippen LogP contribution is 2.34. The molecule has 0 N–H and O–H groups in total. The Morgan fingerprint density at radius 2 is 1.45 bits per heavy atom. The summed E-state index contributed by atoms with van der Waals surface area (Å²) in [7, 11) is 0. The van der Waals surface area contributed by atoms with E-state index < -0.39 is 5.60 Å². The minimum absolute atomic E-state index is 0.125. The van der Waals surface area contributed by atoms with Crippen LogP contribution in [0.5, 0.6) is 0 Å². The normalized spacial score (nSPS) is 14.7. The van der Waals surface area contributed by atoms with Crippen molar-refractivity contribution in [2.24, 2.45) is 0 Å². The predicted molar refractivity (Wildman–Crippen MR) is 122 cm³/mol. The van der Waals surface area contributed by atoms with E-state index in [-0.39, 0.29) is 12.0 Å². The summed E-state index contributed by atoms with van der Waals surface area (Å²) in [6, 6.07) is 17.5. The highest BCUT2D eigenvalue weighted by Gasteiger charge is 2.31. The van der Waals surface area contributed by atoms with E-state index in [1.807, 2.05) is 79.9 Å². The third kappa shape index (κ3) is 4.26. The number of benzene rings is 2. The van der Waals surface area contributed by atoms with Gasteiger partial charge in [-0.05, 0) is 39.0 Å². The topological polar surface area (TPSA) is 54.8 Å². The lowest BCUT2D eigenvalue weighted by atomic mass is 10.1. The monoisotopic (exact) mass is 439 g/mol. The van der Waals surface area contributed by atoms with Crippen molar-refractivity contribution >= 4 is 34.5 Å². The predicted octanol–water partition coefficient (Wildman–Crippen LogP) is 4.98. The van der Waals surface area contributed by atoms with E-state index in [0.29, 0.717) is 36.9 Å². The minimum atomic E-state index is -0.545. The molecule has 0 bridgehead atoms. The van der Waals surface area contributed by atoms with Gasteiger partial charge < -0.3 is 14.5 Å². The molecule has 2 heterocycles. The third-order valence-corrected chi connectivity index (χ3v) is 5.62. The van der Waals surface area contributed by atoms with Gasteiger partial charge in [0.05, 0.1) is 11.1 Å². The number of carbonyl (C=O) groups excluding carboxylic acids is 2. The molecule has 1 aliphatic heterocycles. The molecule has 0 radical (unpaired) electrons. The number of nitrogens with zero attached hydrogens (tertiary/aromatic N) is 3. The van der Waals surface area contributed by atoms with Gasteiger partial charge in [-0.1, -0.05) is 48.0 Å². The number of ether oxygens (including phenoxy) is 1. The van der Waals surface area contributed by atoms with Gasteiger partial charge >= 0.3 is 6.09 Å². The molecule has 1 aliphatic rings. The summed E-state index contributed by atoms with van der Waals surface area (Å²) in [6.07, 6.45) is -0.349. The SMILES string of the molecule is CC(C)(C)OC(=O)N1CCN(C(=O)c2c(Cl)n(-c3ccccc3)c3ccccc23)CC1. The van der Waals surface area contributed by atoms with E-state index in [4.69, 9.17) is 16.3 Å². The maximum atomic E-state index is 13.5. The van der Waals surface area contributed by atoms with Gasteiger partial charge in [-0.3, -0.25) is 9.36 Å². The maximum Gasteiger partial charge on any atom is 0.410 e. The zero-order chi connectivity index (χ0) is 22.2. The van der Waals surface area contributed by atoms with Crippen LogP contribution in [-0.4, -0.2) is 58.1 Å². The summed E-state index contributed by atoms with van der Waals surface area (Å²) < 4.78 is 7.35. The smallest absolute Gasteiger partial charge is 0.410 e. The van der Waals surface area contributed by atoms with Crippen LogP contribution in [0.25, 0.3) is 16.6 Å². The standard InChI is InChI=1S/C24H26ClN3O3/c1-24(2,3)31-23(30)27-15-13-26(14-16-27)22(29)20-18-11-7-8-12-19(18)28(21(20)25)17-9-5-4-6-10-17/h4-12H,13-16H2,1-3H3. The number of hydrogen-bond acceptors (Lipinski definition) is 3. The molecule has 0 atom stereocenters. The van der Waals surface area contributed by atoms with E-state index in [1.54, 1.807) is 9.80 Å². The van der Waals surface area contributed by atoms with Crippen LogP contribution in [0.15, 0.2) is 54.6 Å². The molecular formula is C24H26ClN3O3. The first kappa shape index (κ1) is 21.2. The van der Waals surface area contributed by atoms with E-state index in [2.05, 4.69) is 0 Å². The molecule has 7 heteroatoms. The van der Waals surface area contributed by atoms with E-state index in [9.17, 15) is 9.59 Å². The van der Waals surface area contributed by atoms with E-state index in [0.717, 1.165) is 16.6 Å². The second-order valence-electron chi connectivity index (χ2n) is 8.61. The molecule has 1 saturated heterocycles. The first-order chi connectivity index (χ1) is 14.8. The van der Waals surface area contributed by atoms with Crippen LogP contribution in [0.4, 0.5) is 4.79 Å². The molecule has 0 aliphatic carbocycles. The maximum absolute atomic E-state index is 13.5. The summed E-state index contributed by atoms with van der Waals surface area (Å²) in [5.74, 6) is -0.125. The number of amides is 2. The summed E-state index contributed by atoms with van der Waals surface area (Å²) in [5, 5.41) is 1.21. The van der Waals surface area contributed by atoms with Gasteiger partial charge in [-0.25, -0.2) is 4.79 Å². The Bertz CT molecular complexity index is 1110. The molecule has 1 fully saturated rings. The van der Waals surface area contributed by atoms with E-state index in [1.165, 1.54) is 0 Å². The molecule has 0 saturated carbocycles. The van der Waals surface area contributed by atoms with Crippen molar-refractivity contribution in [3.8, 4) is 5.69 Å². The first-order valence-corrected chi connectivity index (χ1v) is 10.8. The number of carbonyl (C=O) groups is 2. The van der Waals surface area contributed by atoms with Crippen LogP contribution in [-0.2, 0) is 4.74 Å². The van der Waals surface area contributed by atoms with E-state index >= 15 is 0 Å². The summed E-state index contributed by atoms with van der Waals surface area (Å²) in [6.45, 7) is 7.24. The Kier molecular flexibility index (Phi) is 5.67. The lowest BCUT2D eigenvalue weighted by Crippen LogP contribution is -2.51. The molecular weight excluding hydrogens is 414 g/mol. The van der Waals surface area contributed by atoms with Gasteiger partial charge in [-0.2, -0.15) is 0 Å². The van der Waals surface area contributed by atoms with Gasteiger partial charge in [0.15, 0.2) is 0 Å². The number of aromatic nitrogens is 1. The molecule has 1 aromatic heterocycles. The Balaban J connectivity index is 1.60. The molecule has 162 valence electrons. The van der Waals surface area contributed by atoms with Gasteiger partial charge in [0.1, 0.15) is 10.8 Å². The number of piperazine rings is 1. The zero-order valence-corrected chi connectivity index (χ0v) is 18.7. The Labute approximate surface area is 186 Å². The fourth-order valence-corrected chi connectivity index (χ4v) is 4.19. The van der Waals surface area contributed by atoms with Crippen molar-refractivity contribution in [3.05, 3.63) is 65.3 Å². The quantitative estimate of drug-likeness (QED) is 0.566. The van der Waals surface area contributed by atoms with Crippen LogP contribution in [0.2, 0.25) is 5.15 Å². The fourth-order valence-electron chi connectivity index (χ4n) is 3.82. The minimum Gasteiger partial charge on any atom is -0.444 e. The van der Waals surface area contributed by atoms with Gasteiger partial charge in [-0.15, -0.1) is 0 Å². The summed E-state index contributed by atoms with van der Waals surface area (Å²) in [5.41, 5.74) is 1.73. The van der Waals surface area contributed by atoms with Crippen molar-refractivity contribution < 1.29 is 14.3 Å². The summed E-state index contributed by atoms with van der Waals surface area (Å²) >= 11 is 6.78. The molecule has 31 heavy (non-hydrogen) atoms. The Hall–Kier alpha value is -2.99. The van der Waals surface area contributed by atoms with Crippen molar-refractivity contribution in [1.29, 1.82) is 0 Å². The van der Waals surface area contributed by atoms with Crippen LogP contribution >= 0.6 is 11.6 Å². The van der Waals surface area contributed by atoms with Crippen molar-refractivity contribution in [2.45, 2.75) is 26.4 Å². The zero-order valence-electron chi connectivity index (χ0n) is 18.0. The molecule has 3 aromatic rings. The van der Waals surface area contributed by atoms with Crippen LogP contribution in [0.1, 0.15) is 31.1 Å². The van der Waals surface area contributed by atoms with Crippen LogP contribution in [0, 0.1) is 0 Å². The molecule has 6 nitrogen and oxygen atoms in total.